The fourth-order valence-electron chi connectivity index (χ4n) is 2.43. The van der Waals surface area contributed by atoms with Crippen LogP contribution in [-0.4, -0.2) is 6.29 Å². The molecule has 2 aromatic rings. The predicted molar refractivity (Wildman–Crippen MR) is 82.1 cm³/mol. The van der Waals surface area contributed by atoms with Gasteiger partial charge in [-0.3, -0.25) is 4.79 Å². The molecule has 0 fully saturated rings. The average molecular weight is 333 g/mol. The van der Waals surface area contributed by atoms with Gasteiger partial charge >= 0.3 is 0 Å². The molecule has 3 rings (SSSR count). The summed E-state index contributed by atoms with van der Waals surface area (Å²) in [5, 5.41) is 0. The van der Waals surface area contributed by atoms with Crippen LogP contribution in [0.1, 0.15) is 27.9 Å². The number of fused-ring (bicyclic) bond motifs is 1. The van der Waals surface area contributed by atoms with E-state index in [0.29, 0.717) is 0 Å². The first kappa shape index (κ1) is 12.9. The van der Waals surface area contributed by atoms with Crippen molar-refractivity contribution in [3.05, 3.63) is 57.6 Å². The predicted octanol–water partition coefficient (Wildman–Crippen LogP) is 4.90. The number of hydrogen-bond donors (Lipinski definition) is 0. The number of hydrogen-bond acceptors (Lipinski definition) is 2. The Morgan fingerprint density at radius 2 is 1.89 bits per heavy atom. The molecule has 0 saturated carbocycles. The van der Waals surface area contributed by atoms with Gasteiger partial charge in [0.2, 0.25) is 0 Å². The fraction of sp³-hybridized carbons (Fsp3) is 0.188. The monoisotopic (exact) mass is 332 g/mol. The van der Waals surface area contributed by atoms with Gasteiger partial charge in [-0.15, -0.1) is 0 Å². The van der Waals surface area contributed by atoms with Gasteiger partial charge in [0.05, 0.1) is 0 Å². The summed E-state index contributed by atoms with van der Waals surface area (Å²) in [5.41, 5.74) is 3.69. The van der Waals surface area contributed by atoms with E-state index in [1.54, 1.807) is 11.8 Å². The van der Waals surface area contributed by atoms with Crippen LogP contribution in [0.25, 0.3) is 0 Å². The largest absolute Gasteiger partial charge is 0.298 e. The second-order valence-corrected chi connectivity index (χ2v) is 6.72. The van der Waals surface area contributed by atoms with Crippen LogP contribution in [-0.2, 0) is 12.8 Å². The van der Waals surface area contributed by atoms with Crippen LogP contribution in [0.2, 0.25) is 0 Å². The van der Waals surface area contributed by atoms with Crippen molar-refractivity contribution in [2.45, 2.75) is 29.1 Å². The minimum Gasteiger partial charge on any atom is -0.298 e. The third-order valence-electron chi connectivity index (χ3n) is 3.40. The quantitative estimate of drug-likeness (QED) is 0.743. The smallest absolute Gasteiger partial charge is 0.151 e. The molecule has 1 aliphatic rings. The summed E-state index contributed by atoms with van der Waals surface area (Å²) < 4.78 is 1.00. The van der Waals surface area contributed by atoms with Crippen molar-refractivity contribution >= 4 is 34.0 Å². The van der Waals surface area contributed by atoms with Crippen LogP contribution in [0, 0.1) is 0 Å². The Kier molecular flexibility index (Phi) is 3.76. The molecule has 1 aliphatic carbocycles. The summed E-state index contributed by atoms with van der Waals surface area (Å²) in [6.45, 7) is 0. The molecule has 0 heterocycles. The van der Waals surface area contributed by atoms with E-state index in [-0.39, 0.29) is 0 Å². The molecule has 0 bridgehead atoms. The molecule has 0 radical (unpaired) electrons. The number of aldehydes is 1. The van der Waals surface area contributed by atoms with Crippen LogP contribution in [0.4, 0.5) is 0 Å². The molecule has 19 heavy (non-hydrogen) atoms. The maximum Gasteiger partial charge on any atom is 0.151 e. The van der Waals surface area contributed by atoms with Gasteiger partial charge in [0, 0.05) is 19.8 Å². The Bertz CT molecular complexity index is 637. The minimum atomic E-state index is 0.744. The van der Waals surface area contributed by atoms with E-state index in [1.165, 1.54) is 35.3 Å². The second kappa shape index (κ2) is 5.51. The van der Waals surface area contributed by atoms with Crippen molar-refractivity contribution in [3.63, 3.8) is 0 Å². The average Bonchev–Trinajstić information content (AvgIpc) is 2.86. The molecule has 3 heteroatoms. The van der Waals surface area contributed by atoms with Crippen LogP contribution in [0.15, 0.2) is 50.7 Å². The maximum absolute atomic E-state index is 11.1. The van der Waals surface area contributed by atoms with E-state index in [1.807, 2.05) is 18.2 Å². The van der Waals surface area contributed by atoms with E-state index in [0.717, 1.165) is 21.2 Å². The molecule has 0 atom stereocenters. The maximum atomic E-state index is 11.1. The van der Waals surface area contributed by atoms with Gasteiger partial charge in [0.25, 0.3) is 0 Å². The van der Waals surface area contributed by atoms with Crippen LogP contribution in [0.3, 0.4) is 0 Å². The fourth-order valence-corrected chi connectivity index (χ4v) is 3.96. The molecule has 0 aliphatic heterocycles. The lowest BCUT2D eigenvalue weighted by molar-refractivity contribution is 0.112. The molecule has 2 aromatic carbocycles. The minimum absolute atomic E-state index is 0.744. The summed E-state index contributed by atoms with van der Waals surface area (Å²) in [5.74, 6) is 0. The zero-order valence-corrected chi connectivity index (χ0v) is 12.8. The third-order valence-corrected chi connectivity index (χ3v) is 4.96. The molecule has 0 saturated heterocycles. The summed E-state index contributed by atoms with van der Waals surface area (Å²) in [6.07, 6.45) is 4.57. The van der Waals surface area contributed by atoms with Crippen LogP contribution in [0.5, 0.6) is 0 Å². The van der Waals surface area contributed by atoms with Crippen molar-refractivity contribution in [1.82, 2.24) is 0 Å². The van der Waals surface area contributed by atoms with Crippen LogP contribution < -0.4 is 0 Å². The zero-order chi connectivity index (χ0) is 13.2. The number of aryl methyl sites for hydroxylation is 2. The number of rotatable bonds is 3. The topological polar surface area (TPSA) is 17.1 Å². The lowest BCUT2D eigenvalue weighted by Gasteiger charge is -2.07. The second-order valence-electron chi connectivity index (χ2n) is 4.69. The van der Waals surface area contributed by atoms with Crippen molar-refractivity contribution in [2.75, 3.05) is 0 Å². The molecule has 0 N–H and O–H groups in total. The van der Waals surface area contributed by atoms with Gasteiger partial charge in [-0.05, 0) is 60.7 Å². The third kappa shape index (κ3) is 2.77. The Morgan fingerprint density at radius 1 is 1.05 bits per heavy atom. The van der Waals surface area contributed by atoms with Crippen LogP contribution >= 0.6 is 27.7 Å². The standard InChI is InChI=1S/C16H13BrOS/c17-14-6-4-13(10-18)16(9-14)19-15-7-5-11-2-1-3-12(11)8-15/h4-10H,1-3H2. The number of halogens is 1. The van der Waals surface area contributed by atoms with Crippen molar-refractivity contribution in [1.29, 1.82) is 0 Å². The summed E-state index contributed by atoms with van der Waals surface area (Å²) >= 11 is 5.12. The molecule has 1 nitrogen and oxygen atoms in total. The first-order valence-corrected chi connectivity index (χ1v) is 7.91. The molecule has 0 amide bonds. The van der Waals surface area contributed by atoms with Crippen molar-refractivity contribution in [2.24, 2.45) is 0 Å². The lowest BCUT2D eigenvalue weighted by Crippen LogP contribution is -1.87. The van der Waals surface area contributed by atoms with E-state index >= 15 is 0 Å². The first-order chi connectivity index (χ1) is 9.26. The lowest BCUT2D eigenvalue weighted by atomic mass is 10.1. The highest BCUT2D eigenvalue weighted by Crippen LogP contribution is 2.34. The zero-order valence-electron chi connectivity index (χ0n) is 10.4. The highest BCUT2D eigenvalue weighted by atomic mass is 79.9. The molecule has 96 valence electrons. The number of carbonyl (C=O) groups excluding carboxylic acids is 1. The summed E-state index contributed by atoms with van der Waals surface area (Å²) in [7, 11) is 0. The normalized spacial score (nSPS) is 13.3. The van der Waals surface area contributed by atoms with Gasteiger partial charge < -0.3 is 0 Å². The van der Waals surface area contributed by atoms with E-state index in [9.17, 15) is 4.79 Å². The molecule has 0 aromatic heterocycles. The summed E-state index contributed by atoms with van der Waals surface area (Å²) in [6, 6.07) is 12.4. The van der Waals surface area contributed by atoms with Gasteiger partial charge in [0.1, 0.15) is 0 Å². The molecule has 0 unspecified atom stereocenters. The first-order valence-electron chi connectivity index (χ1n) is 6.30. The van der Waals surface area contributed by atoms with E-state index in [4.69, 9.17) is 0 Å². The summed E-state index contributed by atoms with van der Waals surface area (Å²) in [4.78, 5) is 13.3. The van der Waals surface area contributed by atoms with E-state index in [2.05, 4.69) is 34.1 Å². The van der Waals surface area contributed by atoms with Gasteiger partial charge in [0.15, 0.2) is 6.29 Å². The van der Waals surface area contributed by atoms with Gasteiger partial charge in [-0.2, -0.15) is 0 Å². The Morgan fingerprint density at radius 3 is 2.74 bits per heavy atom. The van der Waals surface area contributed by atoms with Gasteiger partial charge in [-0.25, -0.2) is 0 Å². The van der Waals surface area contributed by atoms with Crippen molar-refractivity contribution < 1.29 is 4.79 Å². The number of carbonyl (C=O) groups is 1. The van der Waals surface area contributed by atoms with Crippen molar-refractivity contribution in [3.8, 4) is 0 Å². The SMILES string of the molecule is O=Cc1ccc(Br)cc1Sc1ccc2c(c1)CCC2. The van der Waals surface area contributed by atoms with E-state index < -0.39 is 0 Å². The Balaban J connectivity index is 1.93. The Labute approximate surface area is 125 Å². The molecule has 0 spiro atoms. The number of benzene rings is 2. The molecular weight excluding hydrogens is 320 g/mol. The molecular formula is C16H13BrOS. The van der Waals surface area contributed by atoms with Gasteiger partial charge in [-0.1, -0.05) is 33.8 Å². The highest BCUT2D eigenvalue weighted by Gasteiger charge is 2.12. The Hall–Kier alpha value is -1.06. The highest BCUT2D eigenvalue weighted by molar-refractivity contribution is 9.10.